The maximum atomic E-state index is 10.9. The van der Waals surface area contributed by atoms with E-state index in [9.17, 15) is 4.21 Å². The quantitative estimate of drug-likeness (QED) is 0.542. The van der Waals surface area contributed by atoms with Crippen molar-refractivity contribution >= 4 is 32.9 Å². The third-order valence-corrected chi connectivity index (χ3v) is 2.99. The lowest BCUT2D eigenvalue weighted by atomic mass is 10.5. The molecule has 0 fully saturated rings. The zero-order chi connectivity index (χ0) is 7.82. The van der Waals surface area contributed by atoms with Crippen LogP contribution in [0.2, 0.25) is 0 Å². The Balaban J connectivity index is 3.16. The minimum absolute atomic E-state index is 0.648. The lowest BCUT2D eigenvalue weighted by Gasteiger charge is -1.95. The lowest BCUT2D eigenvalue weighted by Crippen LogP contribution is -2.03. The van der Waals surface area contributed by atoms with Gasteiger partial charge in [-0.25, -0.2) is 0 Å². The van der Waals surface area contributed by atoms with E-state index in [1.165, 1.54) is 6.21 Å². The highest BCUT2D eigenvalue weighted by molar-refractivity contribution is 9.09. The maximum absolute atomic E-state index is 10.9. The normalized spacial score (nSPS) is 12.9. The SMILES string of the molecule is N=CCCS(=O)CCCBr. The molecular weight excluding hydrogens is 214 g/mol. The first-order valence-electron chi connectivity index (χ1n) is 3.21. The molecule has 0 aliphatic rings. The van der Waals surface area contributed by atoms with Gasteiger partial charge in [0.25, 0.3) is 0 Å². The number of halogens is 1. The molecule has 0 saturated carbocycles. The summed E-state index contributed by atoms with van der Waals surface area (Å²) in [7, 11) is -0.701. The number of alkyl halides is 1. The minimum atomic E-state index is -0.701. The Hall–Kier alpha value is 0.300. The fraction of sp³-hybridized carbons (Fsp3) is 0.833. The second-order valence-corrected chi connectivity index (χ2v) is 4.37. The Morgan fingerprint density at radius 2 is 2.20 bits per heavy atom. The summed E-state index contributed by atoms with van der Waals surface area (Å²) in [5, 5.41) is 7.62. The molecule has 0 spiro atoms. The smallest absolute Gasteiger partial charge is 0.0284 e. The highest BCUT2D eigenvalue weighted by atomic mass is 79.9. The first-order valence-corrected chi connectivity index (χ1v) is 5.82. The summed E-state index contributed by atoms with van der Waals surface area (Å²) in [6.07, 6.45) is 2.92. The molecule has 1 atom stereocenters. The average molecular weight is 226 g/mol. The molecular formula is C6H12BrNOS. The molecule has 60 valence electrons. The lowest BCUT2D eigenvalue weighted by molar-refractivity contribution is 0.682. The fourth-order valence-electron chi connectivity index (χ4n) is 0.508. The summed E-state index contributed by atoms with van der Waals surface area (Å²) >= 11 is 3.27. The summed E-state index contributed by atoms with van der Waals surface area (Å²) in [4.78, 5) is 0. The van der Waals surface area contributed by atoms with Crippen LogP contribution < -0.4 is 0 Å². The Kier molecular flexibility index (Phi) is 7.63. The van der Waals surface area contributed by atoms with Gasteiger partial charge in [-0.05, 0) is 19.1 Å². The van der Waals surface area contributed by atoms with Gasteiger partial charge in [-0.2, -0.15) is 0 Å². The Labute approximate surface area is 72.5 Å². The van der Waals surface area contributed by atoms with Crippen LogP contribution in [0.5, 0.6) is 0 Å². The average Bonchev–Trinajstić information content (AvgIpc) is 1.97. The molecule has 0 radical (unpaired) electrons. The molecule has 10 heavy (non-hydrogen) atoms. The second-order valence-electron chi connectivity index (χ2n) is 1.88. The van der Waals surface area contributed by atoms with Gasteiger partial charge in [-0.15, -0.1) is 0 Å². The van der Waals surface area contributed by atoms with Crippen molar-refractivity contribution in [1.29, 1.82) is 5.41 Å². The first-order chi connectivity index (χ1) is 4.81. The molecule has 0 aromatic carbocycles. The predicted molar refractivity (Wildman–Crippen MR) is 49.7 cm³/mol. The van der Waals surface area contributed by atoms with Gasteiger partial charge in [0.2, 0.25) is 0 Å². The molecule has 0 bridgehead atoms. The zero-order valence-corrected chi connectivity index (χ0v) is 8.21. The van der Waals surface area contributed by atoms with Crippen molar-refractivity contribution in [3.05, 3.63) is 0 Å². The van der Waals surface area contributed by atoms with E-state index in [1.807, 2.05) is 0 Å². The van der Waals surface area contributed by atoms with Crippen LogP contribution in [0, 0.1) is 5.41 Å². The van der Waals surface area contributed by atoms with E-state index in [2.05, 4.69) is 15.9 Å². The largest absolute Gasteiger partial charge is 0.313 e. The molecule has 0 aliphatic heterocycles. The van der Waals surface area contributed by atoms with Crippen molar-refractivity contribution in [1.82, 2.24) is 0 Å². The van der Waals surface area contributed by atoms with Gasteiger partial charge in [-0.1, -0.05) is 15.9 Å². The van der Waals surface area contributed by atoms with Crippen molar-refractivity contribution < 1.29 is 4.21 Å². The van der Waals surface area contributed by atoms with Crippen molar-refractivity contribution in [2.45, 2.75) is 12.8 Å². The summed E-state index contributed by atoms with van der Waals surface area (Å²) in [6, 6.07) is 0. The van der Waals surface area contributed by atoms with Gasteiger partial charge in [0.15, 0.2) is 0 Å². The molecule has 0 rings (SSSR count). The topological polar surface area (TPSA) is 40.9 Å². The van der Waals surface area contributed by atoms with Crippen LogP contribution in [0.25, 0.3) is 0 Å². The van der Waals surface area contributed by atoms with Crippen LogP contribution in [-0.4, -0.2) is 27.3 Å². The molecule has 0 aliphatic carbocycles. The summed E-state index contributed by atoms with van der Waals surface area (Å²) in [6.45, 7) is 0. The minimum Gasteiger partial charge on any atom is -0.313 e. The number of hydrogen-bond acceptors (Lipinski definition) is 2. The van der Waals surface area contributed by atoms with Crippen LogP contribution in [-0.2, 0) is 10.8 Å². The van der Waals surface area contributed by atoms with Crippen molar-refractivity contribution in [2.24, 2.45) is 0 Å². The first kappa shape index (κ1) is 10.3. The molecule has 0 aromatic rings. The van der Waals surface area contributed by atoms with Crippen LogP contribution in [0.4, 0.5) is 0 Å². The van der Waals surface area contributed by atoms with E-state index in [4.69, 9.17) is 5.41 Å². The second kappa shape index (κ2) is 7.41. The molecule has 0 aromatic heterocycles. The maximum Gasteiger partial charge on any atom is 0.0284 e. The van der Waals surface area contributed by atoms with Gasteiger partial charge in [0.1, 0.15) is 0 Å². The van der Waals surface area contributed by atoms with Crippen LogP contribution in [0.3, 0.4) is 0 Å². The van der Waals surface area contributed by atoms with E-state index < -0.39 is 10.8 Å². The van der Waals surface area contributed by atoms with Gasteiger partial charge in [-0.3, -0.25) is 4.21 Å². The van der Waals surface area contributed by atoms with Crippen LogP contribution in [0.1, 0.15) is 12.8 Å². The van der Waals surface area contributed by atoms with Crippen molar-refractivity contribution in [3.8, 4) is 0 Å². The van der Waals surface area contributed by atoms with E-state index in [0.29, 0.717) is 12.2 Å². The van der Waals surface area contributed by atoms with E-state index >= 15 is 0 Å². The third kappa shape index (κ3) is 6.42. The molecule has 4 heteroatoms. The standard InChI is InChI=1S/C6H12BrNOS/c7-3-1-5-10(9)6-2-4-8/h4,8H,1-3,5-6H2. The summed E-state index contributed by atoms with van der Waals surface area (Å²) in [5.41, 5.74) is 0. The number of hydrogen-bond donors (Lipinski definition) is 1. The van der Waals surface area contributed by atoms with E-state index in [-0.39, 0.29) is 0 Å². The van der Waals surface area contributed by atoms with Gasteiger partial charge >= 0.3 is 0 Å². The molecule has 0 saturated heterocycles. The predicted octanol–water partition coefficient (Wildman–Crippen LogP) is 1.56. The summed E-state index contributed by atoms with van der Waals surface area (Å²) in [5.74, 6) is 1.41. The van der Waals surface area contributed by atoms with Gasteiger partial charge in [0, 0.05) is 27.6 Å². The van der Waals surface area contributed by atoms with E-state index in [1.54, 1.807) is 0 Å². The number of nitrogens with one attached hydrogen (secondary N) is 1. The molecule has 0 heterocycles. The van der Waals surface area contributed by atoms with Crippen molar-refractivity contribution in [3.63, 3.8) is 0 Å². The fourth-order valence-corrected chi connectivity index (χ4v) is 2.21. The van der Waals surface area contributed by atoms with Crippen LogP contribution >= 0.6 is 15.9 Å². The molecule has 1 unspecified atom stereocenters. The van der Waals surface area contributed by atoms with E-state index in [0.717, 1.165) is 17.5 Å². The monoisotopic (exact) mass is 225 g/mol. The molecule has 1 N–H and O–H groups in total. The Morgan fingerprint density at radius 3 is 2.70 bits per heavy atom. The van der Waals surface area contributed by atoms with Crippen molar-refractivity contribution in [2.75, 3.05) is 16.8 Å². The number of rotatable bonds is 6. The third-order valence-electron chi connectivity index (χ3n) is 0.995. The summed E-state index contributed by atoms with van der Waals surface area (Å²) < 4.78 is 10.9. The molecule has 0 amide bonds. The Bertz CT molecular complexity index is 118. The molecule has 2 nitrogen and oxygen atoms in total. The Morgan fingerprint density at radius 1 is 1.50 bits per heavy atom. The highest BCUT2D eigenvalue weighted by Gasteiger charge is 1.95. The zero-order valence-electron chi connectivity index (χ0n) is 5.81. The highest BCUT2D eigenvalue weighted by Crippen LogP contribution is 1.93. The van der Waals surface area contributed by atoms with Gasteiger partial charge in [0.05, 0.1) is 0 Å². The van der Waals surface area contributed by atoms with Crippen LogP contribution in [0.15, 0.2) is 0 Å². The van der Waals surface area contributed by atoms with Gasteiger partial charge < -0.3 is 5.41 Å².